The Hall–Kier alpha value is -2.81. The molecule has 3 atom stereocenters. The number of carbonyl (C=O) groups is 3. The van der Waals surface area contributed by atoms with E-state index >= 15 is 0 Å². The molecule has 198 valence electrons. The van der Waals surface area contributed by atoms with Gasteiger partial charge in [0.1, 0.15) is 23.4 Å². The van der Waals surface area contributed by atoms with Gasteiger partial charge in [-0.05, 0) is 58.2 Å². The highest BCUT2D eigenvalue weighted by Gasteiger charge is 2.36. The molecule has 9 nitrogen and oxygen atoms in total. The van der Waals surface area contributed by atoms with Crippen LogP contribution in [0.25, 0.3) is 0 Å². The molecular weight excluding hydrogens is 450 g/mol. The van der Waals surface area contributed by atoms with Crippen molar-refractivity contribution in [3.8, 4) is 5.75 Å². The van der Waals surface area contributed by atoms with Crippen molar-refractivity contribution in [3.05, 3.63) is 29.8 Å². The Labute approximate surface area is 209 Å². The summed E-state index contributed by atoms with van der Waals surface area (Å²) in [6.45, 7) is 10.6. The number of amides is 3. The van der Waals surface area contributed by atoms with E-state index in [1.54, 1.807) is 32.9 Å². The van der Waals surface area contributed by atoms with E-state index in [0.29, 0.717) is 12.0 Å². The first kappa shape index (κ1) is 30.2. The number of carbonyl (C=O) groups excluding carboxylic acids is 3. The van der Waals surface area contributed by atoms with Crippen LogP contribution < -0.4 is 10.6 Å². The monoisotopic (exact) mass is 493 g/mol. The molecule has 4 N–H and O–H groups in total. The summed E-state index contributed by atoms with van der Waals surface area (Å²) in [6, 6.07) is 3.74. The van der Waals surface area contributed by atoms with Crippen LogP contribution in [0.2, 0.25) is 0 Å². The van der Waals surface area contributed by atoms with E-state index in [2.05, 4.69) is 10.6 Å². The van der Waals surface area contributed by atoms with Crippen molar-refractivity contribution in [3.63, 3.8) is 0 Å². The Kier molecular flexibility index (Phi) is 12.6. The van der Waals surface area contributed by atoms with Crippen molar-refractivity contribution in [1.29, 1.82) is 0 Å². The molecule has 0 aromatic heterocycles. The predicted octanol–water partition coefficient (Wildman–Crippen LogP) is 3.64. The standard InChI is InChI=1S/C26H43N3O6/c1-7-9-10-15-29(24(33)21(17-30)28-25(34)35-26(4,5)6)22(19-13-11-14-20(31)16-19)23(32)27-18(3)12-8-2/h11,13-14,16,18,21-22,30-31H,7-10,12,15,17H2,1-6H3,(H,27,32)(H,28,34). The second-order valence-corrected chi connectivity index (χ2v) is 9.82. The van der Waals surface area contributed by atoms with Crippen LogP contribution in [0, 0.1) is 0 Å². The molecule has 0 heterocycles. The maximum Gasteiger partial charge on any atom is 0.408 e. The average molecular weight is 494 g/mol. The fourth-order valence-electron chi connectivity index (χ4n) is 3.73. The fourth-order valence-corrected chi connectivity index (χ4v) is 3.73. The Morgan fingerprint density at radius 2 is 1.77 bits per heavy atom. The first-order chi connectivity index (χ1) is 16.4. The van der Waals surface area contributed by atoms with Crippen LogP contribution in [0.5, 0.6) is 5.75 Å². The first-order valence-electron chi connectivity index (χ1n) is 12.4. The van der Waals surface area contributed by atoms with Crippen LogP contribution in [0.1, 0.15) is 85.3 Å². The van der Waals surface area contributed by atoms with E-state index in [1.165, 1.54) is 17.0 Å². The molecule has 1 aromatic rings. The van der Waals surface area contributed by atoms with E-state index in [4.69, 9.17) is 4.74 Å². The SMILES string of the molecule is CCCCCN(C(=O)C(CO)NC(=O)OC(C)(C)C)C(C(=O)NC(C)CCC)c1cccc(O)c1. The number of nitrogens with one attached hydrogen (secondary N) is 2. The molecule has 0 spiro atoms. The van der Waals surface area contributed by atoms with Crippen LogP contribution in [-0.2, 0) is 14.3 Å². The van der Waals surface area contributed by atoms with Crippen molar-refractivity contribution in [1.82, 2.24) is 15.5 Å². The molecule has 35 heavy (non-hydrogen) atoms. The second kappa shape index (κ2) is 14.6. The van der Waals surface area contributed by atoms with Gasteiger partial charge >= 0.3 is 6.09 Å². The summed E-state index contributed by atoms with van der Waals surface area (Å²) in [4.78, 5) is 40.8. The summed E-state index contributed by atoms with van der Waals surface area (Å²) in [6.07, 6.45) is 3.16. The van der Waals surface area contributed by atoms with Gasteiger partial charge in [0.25, 0.3) is 0 Å². The molecule has 0 saturated carbocycles. The van der Waals surface area contributed by atoms with Crippen LogP contribution in [0.4, 0.5) is 4.79 Å². The molecule has 0 bridgehead atoms. The lowest BCUT2D eigenvalue weighted by Crippen LogP contribution is -2.55. The lowest BCUT2D eigenvalue weighted by molar-refractivity contribution is -0.143. The number of aromatic hydroxyl groups is 1. The molecule has 0 aliphatic heterocycles. The highest BCUT2D eigenvalue weighted by Crippen LogP contribution is 2.26. The fraction of sp³-hybridized carbons (Fsp3) is 0.654. The molecule has 3 amide bonds. The van der Waals surface area contributed by atoms with E-state index in [1.807, 2.05) is 20.8 Å². The van der Waals surface area contributed by atoms with Gasteiger partial charge in [-0.25, -0.2) is 4.79 Å². The summed E-state index contributed by atoms with van der Waals surface area (Å²) in [5.74, 6) is -1.04. The summed E-state index contributed by atoms with van der Waals surface area (Å²) in [5.41, 5.74) is -0.349. The van der Waals surface area contributed by atoms with Crippen molar-refractivity contribution in [2.24, 2.45) is 0 Å². The number of hydrogen-bond donors (Lipinski definition) is 4. The molecule has 1 aromatic carbocycles. The average Bonchev–Trinajstić information content (AvgIpc) is 2.75. The van der Waals surface area contributed by atoms with Gasteiger partial charge in [0.15, 0.2) is 0 Å². The number of rotatable bonds is 13. The van der Waals surface area contributed by atoms with Crippen LogP contribution in [0.15, 0.2) is 24.3 Å². The Bertz CT molecular complexity index is 824. The molecular formula is C26H43N3O6. The summed E-state index contributed by atoms with van der Waals surface area (Å²) >= 11 is 0. The van der Waals surface area contributed by atoms with Crippen molar-refractivity contribution < 1.29 is 29.3 Å². The molecule has 3 unspecified atom stereocenters. The molecule has 1 rings (SSSR count). The third kappa shape index (κ3) is 10.5. The maximum absolute atomic E-state index is 13.6. The summed E-state index contributed by atoms with van der Waals surface area (Å²) in [5, 5.41) is 25.4. The van der Waals surface area contributed by atoms with Gasteiger partial charge in [-0.2, -0.15) is 0 Å². The Morgan fingerprint density at radius 1 is 1.09 bits per heavy atom. The van der Waals surface area contributed by atoms with E-state index < -0.39 is 42.2 Å². The Balaban J connectivity index is 3.38. The molecule has 0 radical (unpaired) electrons. The van der Waals surface area contributed by atoms with E-state index in [-0.39, 0.29) is 18.3 Å². The lowest BCUT2D eigenvalue weighted by Gasteiger charge is -2.34. The molecule has 0 aliphatic carbocycles. The second-order valence-electron chi connectivity index (χ2n) is 9.82. The van der Waals surface area contributed by atoms with E-state index in [9.17, 15) is 24.6 Å². The third-order valence-corrected chi connectivity index (χ3v) is 5.31. The molecule has 0 fully saturated rings. The zero-order valence-corrected chi connectivity index (χ0v) is 22.0. The smallest absolute Gasteiger partial charge is 0.408 e. The number of hydrogen-bond acceptors (Lipinski definition) is 6. The largest absolute Gasteiger partial charge is 0.508 e. The number of alkyl carbamates (subject to hydrolysis) is 1. The number of phenolic OH excluding ortho intramolecular Hbond substituents is 1. The lowest BCUT2D eigenvalue weighted by atomic mass is 10.0. The number of ether oxygens (including phenoxy) is 1. The van der Waals surface area contributed by atoms with Gasteiger partial charge in [0.05, 0.1) is 6.61 Å². The highest BCUT2D eigenvalue weighted by atomic mass is 16.6. The minimum Gasteiger partial charge on any atom is -0.508 e. The number of aliphatic hydroxyl groups excluding tert-OH is 1. The quantitative estimate of drug-likeness (QED) is 0.311. The predicted molar refractivity (Wildman–Crippen MR) is 135 cm³/mol. The minimum absolute atomic E-state index is 0.0338. The van der Waals surface area contributed by atoms with Crippen molar-refractivity contribution >= 4 is 17.9 Å². The Morgan fingerprint density at radius 3 is 2.31 bits per heavy atom. The number of unbranched alkanes of at least 4 members (excludes halogenated alkanes) is 2. The zero-order chi connectivity index (χ0) is 26.6. The van der Waals surface area contributed by atoms with Gasteiger partial charge < -0.3 is 30.5 Å². The number of phenols is 1. The maximum atomic E-state index is 13.6. The number of nitrogens with zero attached hydrogens (tertiary/aromatic N) is 1. The van der Waals surface area contributed by atoms with Crippen LogP contribution in [-0.4, -0.2) is 63.9 Å². The molecule has 0 aliphatic rings. The highest BCUT2D eigenvalue weighted by molar-refractivity contribution is 5.92. The van der Waals surface area contributed by atoms with Crippen molar-refractivity contribution in [2.45, 2.75) is 97.4 Å². The zero-order valence-electron chi connectivity index (χ0n) is 22.0. The summed E-state index contributed by atoms with van der Waals surface area (Å²) in [7, 11) is 0. The van der Waals surface area contributed by atoms with Crippen molar-refractivity contribution in [2.75, 3.05) is 13.2 Å². The van der Waals surface area contributed by atoms with Gasteiger partial charge in [-0.15, -0.1) is 0 Å². The molecule has 0 saturated heterocycles. The minimum atomic E-state index is -1.30. The van der Waals surface area contributed by atoms with Crippen LogP contribution >= 0.6 is 0 Å². The van der Waals surface area contributed by atoms with Gasteiger partial charge in [-0.3, -0.25) is 9.59 Å². The van der Waals surface area contributed by atoms with E-state index in [0.717, 1.165) is 25.7 Å². The topological polar surface area (TPSA) is 128 Å². The third-order valence-electron chi connectivity index (χ3n) is 5.31. The van der Waals surface area contributed by atoms with Crippen LogP contribution in [0.3, 0.4) is 0 Å². The normalized spacial score (nSPS) is 13.9. The number of aliphatic hydroxyl groups is 1. The first-order valence-corrected chi connectivity index (χ1v) is 12.4. The molecule has 9 heteroatoms. The van der Waals surface area contributed by atoms with Gasteiger partial charge in [0, 0.05) is 12.6 Å². The number of benzene rings is 1. The summed E-state index contributed by atoms with van der Waals surface area (Å²) < 4.78 is 5.24. The van der Waals surface area contributed by atoms with Gasteiger partial charge in [-0.1, -0.05) is 45.2 Å². The van der Waals surface area contributed by atoms with Gasteiger partial charge in [0.2, 0.25) is 11.8 Å².